The van der Waals surface area contributed by atoms with E-state index in [-0.39, 0.29) is 12.2 Å². The molecule has 1 aliphatic rings. The summed E-state index contributed by atoms with van der Waals surface area (Å²) in [6, 6.07) is 22.8. The number of halogens is 3. The second-order valence-corrected chi connectivity index (χ2v) is 7.41. The van der Waals surface area contributed by atoms with Crippen molar-refractivity contribution in [3.8, 4) is 0 Å². The second-order valence-electron chi connectivity index (χ2n) is 6.10. The van der Waals surface area contributed by atoms with Crippen LogP contribution in [0.2, 0.25) is 15.1 Å². The summed E-state index contributed by atoms with van der Waals surface area (Å²) in [7, 11) is 0. The Morgan fingerprint density at radius 1 is 0.462 bits per heavy atom. The maximum Gasteiger partial charge on any atom is 0.185 e. The summed E-state index contributed by atoms with van der Waals surface area (Å²) in [5.41, 5.74) is 2.93. The summed E-state index contributed by atoms with van der Waals surface area (Å²) in [4.78, 5) is 0. The molecule has 0 amide bonds. The molecule has 0 saturated carbocycles. The maximum atomic E-state index is 6.27. The van der Waals surface area contributed by atoms with Crippen molar-refractivity contribution in [3.63, 3.8) is 0 Å². The van der Waals surface area contributed by atoms with Crippen LogP contribution in [0.1, 0.15) is 35.2 Å². The molecule has 4 rings (SSSR count). The lowest BCUT2D eigenvalue weighted by Gasteiger charge is -2.17. The first-order chi connectivity index (χ1) is 12.6. The standard InChI is InChI=1S/C21H15Cl3O2/c22-16-7-1-13(2-8-16)19-20(14-3-9-17(23)10-4-14)26-21(25-19)15-5-11-18(24)12-6-15/h1-12,19-21H. The van der Waals surface area contributed by atoms with Crippen LogP contribution >= 0.6 is 34.8 Å². The molecule has 2 unspecified atom stereocenters. The maximum absolute atomic E-state index is 6.27. The molecule has 1 saturated heterocycles. The highest BCUT2D eigenvalue weighted by Crippen LogP contribution is 2.48. The summed E-state index contributed by atoms with van der Waals surface area (Å²) < 4.78 is 12.5. The molecule has 2 nitrogen and oxygen atoms in total. The first-order valence-corrected chi connectivity index (χ1v) is 9.31. The topological polar surface area (TPSA) is 18.5 Å². The summed E-state index contributed by atoms with van der Waals surface area (Å²) in [6.07, 6.45) is -0.989. The summed E-state index contributed by atoms with van der Waals surface area (Å²) in [6.45, 7) is 0. The van der Waals surface area contributed by atoms with Crippen molar-refractivity contribution < 1.29 is 9.47 Å². The van der Waals surface area contributed by atoms with Gasteiger partial charge < -0.3 is 9.47 Å². The van der Waals surface area contributed by atoms with E-state index in [1.54, 1.807) is 0 Å². The van der Waals surface area contributed by atoms with Crippen molar-refractivity contribution in [3.05, 3.63) is 105 Å². The largest absolute Gasteiger partial charge is 0.337 e. The highest BCUT2D eigenvalue weighted by atomic mass is 35.5. The predicted molar refractivity (Wildman–Crippen MR) is 105 cm³/mol. The molecule has 132 valence electrons. The third-order valence-corrected chi connectivity index (χ3v) is 5.11. The van der Waals surface area contributed by atoms with Gasteiger partial charge in [0.1, 0.15) is 12.2 Å². The van der Waals surface area contributed by atoms with Gasteiger partial charge in [0.15, 0.2) is 6.29 Å². The molecule has 0 N–H and O–H groups in total. The first-order valence-electron chi connectivity index (χ1n) is 8.17. The normalized spacial score (nSPS) is 22.5. The summed E-state index contributed by atoms with van der Waals surface area (Å²) in [5.74, 6) is 0. The molecule has 0 bridgehead atoms. The van der Waals surface area contributed by atoms with Crippen molar-refractivity contribution in [1.29, 1.82) is 0 Å². The van der Waals surface area contributed by atoms with Crippen molar-refractivity contribution in [2.45, 2.75) is 18.5 Å². The Balaban J connectivity index is 1.69. The number of rotatable bonds is 3. The van der Waals surface area contributed by atoms with Gasteiger partial charge in [0.25, 0.3) is 0 Å². The first kappa shape index (κ1) is 17.8. The molecule has 0 spiro atoms. The van der Waals surface area contributed by atoms with E-state index >= 15 is 0 Å². The Bertz CT molecular complexity index is 823. The van der Waals surface area contributed by atoms with Gasteiger partial charge in [0.05, 0.1) is 0 Å². The zero-order valence-corrected chi connectivity index (χ0v) is 15.9. The fraction of sp³-hybridized carbons (Fsp3) is 0.143. The smallest absolute Gasteiger partial charge is 0.185 e. The third-order valence-electron chi connectivity index (χ3n) is 4.35. The Hall–Kier alpha value is -1.55. The van der Waals surface area contributed by atoms with Crippen molar-refractivity contribution in [2.75, 3.05) is 0 Å². The van der Waals surface area contributed by atoms with E-state index in [1.165, 1.54) is 0 Å². The molecule has 26 heavy (non-hydrogen) atoms. The molecule has 5 heteroatoms. The fourth-order valence-electron chi connectivity index (χ4n) is 3.03. The Morgan fingerprint density at radius 3 is 1.12 bits per heavy atom. The van der Waals surface area contributed by atoms with E-state index in [2.05, 4.69) is 0 Å². The molecular weight excluding hydrogens is 391 g/mol. The number of benzene rings is 3. The molecule has 0 aliphatic carbocycles. The monoisotopic (exact) mass is 404 g/mol. The van der Waals surface area contributed by atoms with Crippen LogP contribution in [-0.2, 0) is 9.47 Å². The van der Waals surface area contributed by atoms with Crippen LogP contribution in [-0.4, -0.2) is 0 Å². The van der Waals surface area contributed by atoms with Gasteiger partial charge in [-0.15, -0.1) is 0 Å². The SMILES string of the molecule is Clc1ccc(C2OC(c3ccc(Cl)cc3)C(c3ccc(Cl)cc3)O2)cc1. The lowest BCUT2D eigenvalue weighted by Crippen LogP contribution is -2.07. The Labute approximate surface area is 167 Å². The number of hydrogen-bond donors (Lipinski definition) is 0. The van der Waals surface area contributed by atoms with E-state index in [0.717, 1.165) is 16.7 Å². The van der Waals surface area contributed by atoms with Gasteiger partial charge in [-0.3, -0.25) is 0 Å². The molecule has 3 aromatic carbocycles. The van der Waals surface area contributed by atoms with Crippen molar-refractivity contribution in [2.24, 2.45) is 0 Å². The van der Waals surface area contributed by atoms with E-state index < -0.39 is 6.29 Å². The molecule has 2 atom stereocenters. The van der Waals surface area contributed by atoms with Gasteiger partial charge in [-0.05, 0) is 47.5 Å². The quantitative estimate of drug-likeness (QED) is 0.459. The van der Waals surface area contributed by atoms with Gasteiger partial charge in [0, 0.05) is 20.6 Å². The molecule has 1 aliphatic heterocycles. The van der Waals surface area contributed by atoms with Crippen LogP contribution in [0.5, 0.6) is 0 Å². The van der Waals surface area contributed by atoms with E-state index in [9.17, 15) is 0 Å². The van der Waals surface area contributed by atoms with E-state index in [4.69, 9.17) is 44.3 Å². The van der Waals surface area contributed by atoms with Crippen LogP contribution in [0.25, 0.3) is 0 Å². The van der Waals surface area contributed by atoms with E-state index in [0.29, 0.717) is 15.1 Å². The predicted octanol–water partition coefficient (Wildman–Crippen LogP) is 7.17. The van der Waals surface area contributed by atoms with Crippen LogP contribution in [0.4, 0.5) is 0 Å². The average Bonchev–Trinajstić information content (AvgIpc) is 3.09. The Kier molecular flexibility index (Phi) is 5.21. The molecular formula is C21H15Cl3O2. The minimum absolute atomic E-state index is 0.255. The zero-order chi connectivity index (χ0) is 18.1. The molecule has 0 radical (unpaired) electrons. The lowest BCUT2D eigenvalue weighted by molar-refractivity contribution is -0.0698. The average molecular weight is 406 g/mol. The van der Waals surface area contributed by atoms with Gasteiger partial charge in [-0.25, -0.2) is 0 Å². The summed E-state index contributed by atoms with van der Waals surface area (Å²) >= 11 is 18.0. The summed E-state index contributed by atoms with van der Waals surface area (Å²) in [5, 5.41) is 2.05. The molecule has 0 aromatic heterocycles. The molecule has 1 fully saturated rings. The highest BCUT2D eigenvalue weighted by Gasteiger charge is 2.38. The van der Waals surface area contributed by atoms with E-state index in [1.807, 2.05) is 72.8 Å². The van der Waals surface area contributed by atoms with Crippen molar-refractivity contribution in [1.82, 2.24) is 0 Å². The Morgan fingerprint density at radius 2 is 0.769 bits per heavy atom. The highest BCUT2D eigenvalue weighted by molar-refractivity contribution is 6.31. The van der Waals surface area contributed by atoms with Crippen LogP contribution < -0.4 is 0 Å². The minimum Gasteiger partial charge on any atom is -0.337 e. The zero-order valence-electron chi connectivity index (χ0n) is 13.6. The van der Waals surface area contributed by atoms with Crippen LogP contribution in [0.15, 0.2) is 72.8 Å². The molecule has 1 heterocycles. The second kappa shape index (κ2) is 7.59. The van der Waals surface area contributed by atoms with Crippen molar-refractivity contribution >= 4 is 34.8 Å². The van der Waals surface area contributed by atoms with Crippen LogP contribution in [0, 0.1) is 0 Å². The number of hydrogen-bond acceptors (Lipinski definition) is 2. The third kappa shape index (κ3) is 3.75. The van der Waals surface area contributed by atoms with Gasteiger partial charge in [-0.1, -0.05) is 71.2 Å². The minimum atomic E-state index is -0.478. The number of ether oxygens (including phenoxy) is 2. The van der Waals surface area contributed by atoms with Gasteiger partial charge in [-0.2, -0.15) is 0 Å². The molecule has 3 aromatic rings. The van der Waals surface area contributed by atoms with Gasteiger partial charge in [0.2, 0.25) is 0 Å². The van der Waals surface area contributed by atoms with Gasteiger partial charge >= 0.3 is 0 Å². The van der Waals surface area contributed by atoms with Crippen LogP contribution in [0.3, 0.4) is 0 Å². The lowest BCUT2D eigenvalue weighted by atomic mass is 9.98. The fourth-order valence-corrected chi connectivity index (χ4v) is 3.41.